The minimum absolute atomic E-state index is 0.755. The van der Waals surface area contributed by atoms with Crippen LogP contribution in [-0.2, 0) is 6.42 Å². The van der Waals surface area contributed by atoms with Crippen molar-refractivity contribution in [2.24, 2.45) is 11.8 Å². The third-order valence-corrected chi connectivity index (χ3v) is 5.34. The highest BCUT2D eigenvalue weighted by molar-refractivity contribution is 5.16. The van der Waals surface area contributed by atoms with Gasteiger partial charge in [-0.05, 0) is 69.6 Å². The Hall–Kier alpha value is -0.860. The molecule has 1 aromatic rings. The van der Waals surface area contributed by atoms with Gasteiger partial charge in [0.15, 0.2) is 0 Å². The Morgan fingerprint density at radius 3 is 2.60 bits per heavy atom. The molecule has 2 fully saturated rings. The highest BCUT2D eigenvalue weighted by atomic mass is 15.2. The fourth-order valence-electron chi connectivity index (χ4n) is 3.92. The van der Waals surface area contributed by atoms with Gasteiger partial charge in [-0.3, -0.25) is 0 Å². The Labute approximate surface area is 123 Å². The predicted molar refractivity (Wildman–Crippen MR) is 84.9 cm³/mol. The van der Waals surface area contributed by atoms with E-state index in [0.29, 0.717) is 0 Å². The molecule has 2 atom stereocenters. The molecule has 2 unspecified atom stereocenters. The van der Waals surface area contributed by atoms with Crippen LogP contribution in [0.4, 0.5) is 0 Å². The van der Waals surface area contributed by atoms with Gasteiger partial charge in [-0.25, -0.2) is 0 Å². The van der Waals surface area contributed by atoms with E-state index in [1.807, 2.05) is 0 Å². The van der Waals surface area contributed by atoms with Crippen molar-refractivity contribution in [3.63, 3.8) is 0 Å². The zero-order chi connectivity index (χ0) is 13.8. The van der Waals surface area contributed by atoms with Crippen molar-refractivity contribution in [3.8, 4) is 0 Å². The van der Waals surface area contributed by atoms with Gasteiger partial charge in [0, 0.05) is 12.6 Å². The van der Waals surface area contributed by atoms with Gasteiger partial charge < -0.3 is 10.2 Å². The van der Waals surface area contributed by atoms with Crippen LogP contribution >= 0.6 is 0 Å². The molecule has 0 saturated carbocycles. The highest BCUT2D eigenvalue weighted by Gasteiger charge is 2.31. The fraction of sp³-hybridized carbons (Fsp3) is 0.667. The molecule has 0 amide bonds. The zero-order valence-corrected chi connectivity index (χ0v) is 12.7. The number of likely N-dealkylation sites (tertiary alicyclic amines) is 1. The number of hydrogen-bond acceptors (Lipinski definition) is 2. The van der Waals surface area contributed by atoms with Crippen molar-refractivity contribution in [1.29, 1.82) is 0 Å². The summed E-state index contributed by atoms with van der Waals surface area (Å²) in [5.41, 5.74) is 1.51. The minimum Gasteiger partial charge on any atom is -0.317 e. The lowest BCUT2D eigenvalue weighted by Crippen LogP contribution is -2.38. The summed E-state index contributed by atoms with van der Waals surface area (Å²) < 4.78 is 0. The van der Waals surface area contributed by atoms with Gasteiger partial charge in [-0.1, -0.05) is 30.3 Å². The molecule has 0 aliphatic carbocycles. The largest absolute Gasteiger partial charge is 0.317 e. The molecular formula is C18H28N2. The first-order valence-electron chi connectivity index (χ1n) is 8.31. The number of nitrogens with zero attached hydrogens (tertiary/aromatic N) is 1. The maximum atomic E-state index is 3.47. The Balaban J connectivity index is 1.52. The van der Waals surface area contributed by atoms with Crippen LogP contribution < -0.4 is 5.32 Å². The molecule has 0 spiro atoms. The van der Waals surface area contributed by atoms with Crippen LogP contribution in [0.2, 0.25) is 0 Å². The van der Waals surface area contributed by atoms with Crippen LogP contribution in [0.5, 0.6) is 0 Å². The molecule has 2 saturated heterocycles. The predicted octanol–water partition coefficient (Wildman–Crippen LogP) is 2.94. The average molecular weight is 272 g/mol. The monoisotopic (exact) mass is 272 g/mol. The molecule has 0 aromatic heterocycles. The second-order valence-electron chi connectivity index (χ2n) is 6.67. The molecule has 2 heterocycles. The summed E-state index contributed by atoms with van der Waals surface area (Å²) in [6.07, 6.45) is 5.37. The molecule has 1 N–H and O–H groups in total. The topological polar surface area (TPSA) is 15.3 Å². The van der Waals surface area contributed by atoms with E-state index in [-0.39, 0.29) is 0 Å². The smallest absolute Gasteiger partial charge is 0.00989 e. The zero-order valence-electron chi connectivity index (χ0n) is 12.7. The molecule has 0 radical (unpaired) electrons. The molecular weight excluding hydrogens is 244 g/mol. The van der Waals surface area contributed by atoms with Gasteiger partial charge in [0.25, 0.3) is 0 Å². The molecule has 2 aliphatic heterocycles. The van der Waals surface area contributed by atoms with E-state index < -0.39 is 0 Å². The number of benzene rings is 1. The number of piperidine rings is 1. The SMILES string of the molecule is CC1C(Cc2ccccc2)CCN1CC1CCNCC1. The van der Waals surface area contributed by atoms with Gasteiger partial charge in [-0.15, -0.1) is 0 Å². The highest BCUT2D eigenvalue weighted by Crippen LogP contribution is 2.29. The van der Waals surface area contributed by atoms with Crippen molar-refractivity contribution in [2.45, 2.75) is 38.6 Å². The molecule has 110 valence electrons. The van der Waals surface area contributed by atoms with Crippen molar-refractivity contribution >= 4 is 0 Å². The Bertz CT molecular complexity index is 397. The quantitative estimate of drug-likeness (QED) is 0.906. The third kappa shape index (κ3) is 3.42. The Morgan fingerprint density at radius 2 is 1.85 bits per heavy atom. The van der Waals surface area contributed by atoms with Gasteiger partial charge in [0.1, 0.15) is 0 Å². The minimum atomic E-state index is 0.755. The van der Waals surface area contributed by atoms with E-state index >= 15 is 0 Å². The molecule has 0 bridgehead atoms. The summed E-state index contributed by atoms with van der Waals surface area (Å²) >= 11 is 0. The first kappa shape index (κ1) is 14.1. The lowest BCUT2D eigenvalue weighted by Gasteiger charge is -2.31. The number of rotatable bonds is 4. The van der Waals surface area contributed by atoms with Crippen LogP contribution in [-0.4, -0.2) is 37.1 Å². The van der Waals surface area contributed by atoms with E-state index in [0.717, 1.165) is 17.9 Å². The first-order chi connectivity index (χ1) is 9.83. The van der Waals surface area contributed by atoms with Crippen LogP contribution in [0.3, 0.4) is 0 Å². The fourth-order valence-corrected chi connectivity index (χ4v) is 3.92. The maximum absolute atomic E-state index is 3.47. The van der Waals surface area contributed by atoms with Crippen molar-refractivity contribution < 1.29 is 0 Å². The number of nitrogens with one attached hydrogen (secondary N) is 1. The Kier molecular flexibility index (Phi) is 4.74. The second kappa shape index (κ2) is 6.73. The van der Waals surface area contributed by atoms with Crippen molar-refractivity contribution in [2.75, 3.05) is 26.2 Å². The summed E-state index contributed by atoms with van der Waals surface area (Å²) in [6, 6.07) is 11.8. The summed E-state index contributed by atoms with van der Waals surface area (Å²) in [5, 5.41) is 3.47. The summed E-state index contributed by atoms with van der Waals surface area (Å²) in [7, 11) is 0. The maximum Gasteiger partial charge on any atom is 0.00989 e. The lowest BCUT2D eigenvalue weighted by molar-refractivity contribution is 0.185. The van der Waals surface area contributed by atoms with E-state index in [2.05, 4.69) is 47.5 Å². The van der Waals surface area contributed by atoms with Crippen LogP contribution in [0.1, 0.15) is 31.7 Å². The van der Waals surface area contributed by atoms with E-state index in [1.54, 1.807) is 0 Å². The molecule has 2 aliphatic rings. The molecule has 3 rings (SSSR count). The van der Waals surface area contributed by atoms with Gasteiger partial charge >= 0.3 is 0 Å². The first-order valence-corrected chi connectivity index (χ1v) is 8.31. The summed E-state index contributed by atoms with van der Waals surface area (Å²) in [4.78, 5) is 2.75. The van der Waals surface area contributed by atoms with E-state index in [1.165, 1.54) is 57.4 Å². The van der Waals surface area contributed by atoms with Crippen LogP contribution in [0, 0.1) is 11.8 Å². The third-order valence-electron chi connectivity index (χ3n) is 5.34. The van der Waals surface area contributed by atoms with E-state index in [4.69, 9.17) is 0 Å². The van der Waals surface area contributed by atoms with E-state index in [9.17, 15) is 0 Å². The van der Waals surface area contributed by atoms with Gasteiger partial charge in [0.05, 0.1) is 0 Å². The average Bonchev–Trinajstić information content (AvgIpc) is 2.83. The van der Waals surface area contributed by atoms with Gasteiger partial charge in [0.2, 0.25) is 0 Å². The molecule has 2 nitrogen and oxygen atoms in total. The lowest BCUT2D eigenvalue weighted by atomic mass is 9.92. The summed E-state index contributed by atoms with van der Waals surface area (Å²) in [5.74, 6) is 1.77. The standard InChI is InChI=1S/C18H28N2/c1-15-18(13-16-5-3-2-4-6-16)9-12-20(15)14-17-7-10-19-11-8-17/h2-6,15,17-19H,7-14H2,1H3. The summed E-state index contributed by atoms with van der Waals surface area (Å²) in [6.45, 7) is 7.53. The molecule has 20 heavy (non-hydrogen) atoms. The number of hydrogen-bond donors (Lipinski definition) is 1. The van der Waals surface area contributed by atoms with Crippen molar-refractivity contribution in [1.82, 2.24) is 10.2 Å². The molecule has 1 aromatic carbocycles. The van der Waals surface area contributed by atoms with Crippen LogP contribution in [0.15, 0.2) is 30.3 Å². The molecule has 2 heteroatoms. The van der Waals surface area contributed by atoms with Crippen LogP contribution in [0.25, 0.3) is 0 Å². The Morgan fingerprint density at radius 1 is 1.10 bits per heavy atom. The normalized spacial score (nSPS) is 28.9. The van der Waals surface area contributed by atoms with Crippen molar-refractivity contribution in [3.05, 3.63) is 35.9 Å². The second-order valence-corrected chi connectivity index (χ2v) is 6.67. The van der Waals surface area contributed by atoms with Gasteiger partial charge in [-0.2, -0.15) is 0 Å².